The van der Waals surface area contributed by atoms with Crippen LogP contribution in [0.2, 0.25) is 0 Å². The van der Waals surface area contributed by atoms with Crippen molar-refractivity contribution in [2.75, 3.05) is 18.1 Å². The molecule has 9 heteroatoms. The van der Waals surface area contributed by atoms with Crippen molar-refractivity contribution in [1.29, 1.82) is 5.26 Å². The Labute approximate surface area is 95.4 Å². The van der Waals surface area contributed by atoms with Crippen LogP contribution in [0.3, 0.4) is 0 Å². The van der Waals surface area contributed by atoms with Crippen molar-refractivity contribution in [2.45, 2.75) is 4.21 Å². The number of rotatable bonds is 4. The van der Waals surface area contributed by atoms with Crippen molar-refractivity contribution in [3.05, 3.63) is 16.2 Å². The third-order valence-electron chi connectivity index (χ3n) is 1.58. The van der Waals surface area contributed by atoms with Gasteiger partial charge in [-0.3, -0.25) is 10.1 Å². The quantitative estimate of drug-likeness (QED) is 0.491. The predicted octanol–water partition coefficient (Wildman–Crippen LogP) is 0.995. The zero-order valence-corrected chi connectivity index (χ0v) is 9.76. The van der Waals surface area contributed by atoms with E-state index >= 15 is 0 Å². The highest BCUT2D eigenvalue weighted by molar-refractivity contribution is 7.92. The first-order valence-electron chi connectivity index (χ1n) is 3.95. The van der Waals surface area contributed by atoms with Crippen LogP contribution in [0.5, 0.6) is 0 Å². The zero-order chi connectivity index (χ0) is 12.3. The Morgan fingerprint density at radius 2 is 2.31 bits per heavy atom. The number of thiophene rings is 1. The molecule has 1 N–H and O–H groups in total. The molecule has 0 aliphatic heterocycles. The Morgan fingerprint density at radius 3 is 2.75 bits per heavy atom. The average Bonchev–Trinajstić information content (AvgIpc) is 2.57. The lowest BCUT2D eigenvalue weighted by Crippen LogP contribution is -1.98. The SMILES string of the molecule is CS(=O)(=O)c1cc([N+](=O)[O-])c(NCC#N)s1. The molecule has 0 amide bonds. The summed E-state index contributed by atoms with van der Waals surface area (Å²) in [4.78, 5) is 9.93. The molecule has 7 nitrogen and oxygen atoms in total. The number of nitrogens with one attached hydrogen (secondary N) is 1. The molecule has 0 saturated heterocycles. The van der Waals surface area contributed by atoms with Gasteiger partial charge >= 0.3 is 5.69 Å². The van der Waals surface area contributed by atoms with E-state index in [9.17, 15) is 18.5 Å². The van der Waals surface area contributed by atoms with E-state index in [-0.39, 0.29) is 21.4 Å². The van der Waals surface area contributed by atoms with Crippen molar-refractivity contribution >= 4 is 31.9 Å². The Morgan fingerprint density at radius 1 is 1.69 bits per heavy atom. The van der Waals surface area contributed by atoms with Gasteiger partial charge in [-0.1, -0.05) is 11.3 Å². The minimum Gasteiger partial charge on any atom is -0.358 e. The summed E-state index contributed by atoms with van der Waals surface area (Å²) in [7, 11) is -3.47. The second-order valence-electron chi connectivity index (χ2n) is 2.82. The Hall–Kier alpha value is -1.66. The summed E-state index contributed by atoms with van der Waals surface area (Å²) in [5.41, 5.74) is -0.333. The van der Waals surface area contributed by atoms with Gasteiger partial charge in [-0.15, -0.1) is 0 Å². The van der Waals surface area contributed by atoms with Crippen LogP contribution in [0.15, 0.2) is 10.3 Å². The first kappa shape index (κ1) is 12.4. The van der Waals surface area contributed by atoms with E-state index < -0.39 is 14.8 Å². The first-order chi connectivity index (χ1) is 7.36. The molecule has 0 spiro atoms. The summed E-state index contributed by atoms with van der Waals surface area (Å²) < 4.78 is 22.3. The lowest BCUT2D eigenvalue weighted by atomic mass is 10.5. The van der Waals surface area contributed by atoms with Crippen LogP contribution in [-0.2, 0) is 9.84 Å². The fourth-order valence-corrected chi connectivity index (χ4v) is 2.86. The summed E-state index contributed by atoms with van der Waals surface area (Å²) in [5.74, 6) is 0. The molecule has 0 aliphatic carbocycles. The van der Waals surface area contributed by atoms with E-state index in [1.54, 1.807) is 6.07 Å². The van der Waals surface area contributed by atoms with Gasteiger partial charge in [-0.05, 0) is 0 Å². The highest BCUT2D eigenvalue weighted by atomic mass is 32.2. The van der Waals surface area contributed by atoms with Crippen LogP contribution in [0.1, 0.15) is 0 Å². The maximum Gasteiger partial charge on any atom is 0.304 e. The number of nitrogens with zero attached hydrogens (tertiary/aromatic N) is 2. The Kier molecular flexibility index (Phi) is 3.46. The number of hydrogen-bond acceptors (Lipinski definition) is 7. The van der Waals surface area contributed by atoms with E-state index in [0.29, 0.717) is 0 Å². The second-order valence-corrected chi connectivity index (χ2v) is 6.12. The molecule has 0 aromatic carbocycles. The van der Waals surface area contributed by atoms with Crippen molar-refractivity contribution in [3.63, 3.8) is 0 Å². The van der Waals surface area contributed by atoms with Crippen LogP contribution in [0, 0.1) is 21.4 Å². The summed E-state index contributed by atoms with van der Waals surface area (Å²) >= 11 is 0.743. The van der Waals surface area contributed by atoms with Crippen LogP contribution in [0.4, 0.5) is 10.7 Å². The fraction of sp³-hybridized carbons (Fsp3) is 0.286. The van der Waals surface area contributed by atoms with Crippen LogP contribution < -0.4 is 5.32 Å². The maximum atomic E-state index is 11.2. The molecular formula is C7H7N3O4S2. The molecule has 0 saturated carbocycles. The zero-order valence-electron chi connectivity index (χ0n) is 8.13. The molecule has 0 bridgehead atoms. The molecule has 1 heterocycles. The fourth-order valence-electron chi connectivity index (χ4n) is 0.924. The lowest BCUT2D eigenvalue weighted by molar-refractivity contribution is -0.383. The molecule has 1 aromatic rings. The molecule has 0 aliphatic rings. The third-order valence-corrected chi connectivity index (χ3v) is 4.46. The summed E-state index contributed by atoms with van der Waals surface area (Å²) in [6.45, 7) is -0.120. The molecule has 0 unspecified atom stereocenters. The van der Waals surface area contributed by atoms with Gasteiger partial charge < -0.3 is 5.32 Å². The Bertz CT molecular complexity index is 555. The monoisotopic (exact) mass is 261 g/mol. The summed E-state index contributed by atoms with van der Waals surface area (Å²) in [5, 5.41) is 21.5. The van der Waals surface area contributed by atoms with Gasteiger partial charge in [-0.25, -0.2) is 8.42 Å². The number of hydrogen-bond donors (Lipinski definition) is 1. The van der Waals surface area contributed by atoms with Gasteiger partial charge in [0.15, 0.2) is 14.8 Å². The van der Waals surface area contributed by atoms with Gasteiger partial charge in [0.2, 0.25) is 0 Å². The van der Waals surface area contributed by atoms with Crippen LogP contribution >= 0.6 is 11.3 Å². The number of nitriles is 1. The van der Waals surface area contributed by atoms with E-state index in [4.69, 9.17) is 5.26 Å². The van der Waals surface area contributed by atoms with Crippen molar-refractivity contribution in [2.24, 2.45) is 0 Å². The van der Waals surface area contributed by atoms with Gasteiger partial charge in [0.1, 0.15) is 10.8 Å². The number of nitro groups is 1. The minimum absolute atomic E-state index is 0.0759. The summed E-state index contributed by atoms with van der Waals surface area (Å²) in [6, 6.07) is 2.74. The highest BCUT2D eigenvalue weighted by Gasteiger charge is 2.23. The van der Waals surface area contributed by atoms with E-state index in [2.05, 4.69) is 5.32 Å². The van der Waals surface area contributed by atoms with Gasteiger partial charge in [0.25, 0.3) is 0 Å². The smallest absolute Gasteiger partial charge is 0.304 e. The van der Waals surface area contributed by atoms with E-state index in [0.717, 1.165) is 23.7 Å². The minimum atomic E-state index is -3.47. The first-order valence-corrected chi connectivity index (χ1v) is 6.66. The highest BCUT2D eigenvalue weighted by Crippen LogP contribution is 2.36. The number of sulfone groups is 1. The van der Waals surface area contributed by atoms with Crippen molar-refractivity contribution < 1.29 is 13.3 Å². The van der Waals surface area contributed by atoms with Gasteiger partial charge in [0, 0.05) is 12.3 Å². The molecule has 0 fully saturated rings. The van der Waals surface area contributed by atoms with Crippen LogP contribution in [-0.4, -0.2) is 26.1 Å². The molecular weight excluding hydrogens is 254 g/mol. The Balaban J connectivity index is 3.22. The molecule has 86 valence electrons. The molecule has 0 atom stereocenters. The van der Waals surface area contributed by atoms with Gasteiger partial charge in [-0.2, -0.15) is 5.26 Å². The molecule has 16 heavy (non-hydrogen) atoms. The molecule has 1 rings (SSSR count). The standard InChI is InChI=1S/C7H7N3O4S2/c1-16(13,14)6-4-5(10(11)12)7(15-6)9-3-2-8/h4,9H,3H2,1H3. The largest absolute Gasteiger partial charge is 0.358 e. The maximum absolute atomic E-state index is 11.2. The third kappa shape index (κ3) is 2.68. The summed E-state index contributed by atoms with van der Waals surface area (Å²) in [6.07, 6.45) is 0.969. The second kappa shape index (κ2) is 4.46. The predicted molar refractivity (Wildman–Crippen MR) is 58.2 cm³/mol. The topological polar surface area (TPSA) is 113 Å². The normalized spacial score (nSPS) is 10.8. The average molecular weight is 261 g/mol. The van der Waals surface area contributed by atoms with Crippen molar-refractivity contribution in [1.82, 2.24) is 0 Å². The number of anilines is 1. The van der Waals surface area contributed by atoms with E-state index in [1.165, 1.54) is 0 Å². The van der Waals surface area contributed by atoms with Crippen LogP contribution in [0.25, 0.3) is 0 Å². The molecule has 0 radical (unpaired) electrons. The lowest BCUT2D eigenvalue weighted by Gasteiger charge is -1.95. The van der Waals surface area contributed by atoms with Gasteiger partial charge in [0.05, 0.1) is 11.0 Å². The van der Waals surface area contributed by atoms with Crippen molar-refractivity contribution in [3.8, 4) is 6.07 Å². The molecule has 1 aromatic heterocycles. The van der Waals surface area contributed by atoms with E-state index in [1.807, 2.05) is 0 Å².